The zero-order valence-corrected chi connectivity index (χ0v) is 13.2. The molecule has 0 amide bonds. The fraction of sp³-hybridized carbons (Fsp3) is 0.333. The Morgan fingerprint density at radius 2 is 2.24 bits per heavy atom. The van der Waals surface area contributed by atoms with Crippen molar-refractivity contribution in [2.45, 2.75) is 19.8 Å². The summed E-state index contributed by atoms with van der Waals surface area (Å²) >= 11 is 3.40. The Morgan fingerprint density at radius 3 is 3.05 bits per heavy atom. The lowest BCUT2D eigenvalue weighted by Gasteiger charge is -2.08. The lowest BCUT2D eigenvalue weighted by atomic mass is 10.0. The number of methoxy groups -OCH3 is 1. The van der Waals surface area contributed by atoms with Crippen molar-refractivity contribution in [2.24, 2.45) is 0 Å². The molecule has 110 valence electrons. The Balaban J connectivity index is 1.93. The van der Waals surface area contributed by atoms with Gasteiger partial charge in [-0.15, -0.1) is 0 Å². The minimum atomic E-state index is -0.0508. The predicted octanol–water partition coefficient (Wildman–Crippen LogP) is 2.55. The molecule has 0 spiro atoms. The maximum atomic E-state index is 12.7. The van der Waals surface area contributed by atoms with Crippen molar-refractivity contribution in [3.63, 3.8) is 0 Å². The number of carbonyl (C=O) groups is 1. The van der Waals surface area contributed by atoms with Gasteiger partial charge in [-0.3, -0.25) is 9.48 Å². The topological polar surface area (TPSA) is 53.4 Å². The molecular weight excluding hydrogens is 336 g/mol. The van der Waals surface area contributed by atoms with Crippen molar-refractivity contribution >= 4 is 21.7 Å². The van der Waals surface area contributed by atoms with Crippen LogP contribution in [0.2, 0.25) is 0 Å². The van der Waals surface area contributed by atoms with Crippen LogP contribution in [0.3, 0.4) is 0 Å². The fourth-order valence-electron chi connectivity index (χ4n) is 2.39. The molecule has 0 unspecified atom stereocenters. The maximum absolute atomic E-state index is 12.7. The fourth-order valence-corrected chi connectivity index (χ4v) is 2.86. The third-order valence-corrected chi connectivity index (χ3v) is 4.08. The number of carbonyl (C=O) groups excluding carboxylic acids is 1. The summed E-state index contributed by atoms with van der Waals surface area (Å²) in [4.78, 5) is 12.7. The average molecular weight is 351 g/mol. The predicted molar refractivity (Wildman–Crippen MR) is 80.2 cm³/mol. The molecule has 3 rings (SSSR count). The van der Waals surface area contributed by atoms with E-state index in [0.717, 1.165) is 11.1 Å². The van der Waals surface area contributed by atoms with E-state index in [9.17, 15) is 4.79 Å². The number of nitrogens with zero attached hydrogens (tertiary/aromatic N) is 2. The van der Waals surface area contributed by atoms with Gasteiger partial charge in [0.2, 0.25) is 5.78 Å². The van der Waals surface area contributed by atoms with E-state index in [1.807, 2.05) is 18.2 Å². The van der Waals surface area contributed by atoms with Crippen LogP contribution in [0.15, 0.2) is 28.9 Å². The molecule has 1 aromatic heterocycles. The van der Waals surface area contributed by atoms with Crippen LogP contribution in [-0.4, -0.2) is 29.3 Å². The van der Waals surface area contributed by atoms with E-state index in [4.69, 9.17) is 9.47 Å². The zero-order valence-electron chi connectivity index (χ0n) is 11.6. The van der Waals surface area contributed by atoms with E-state index < -0.39 is 0 Å². The number of aromatic nitrogens is 2. The van der Waals surface area contributed by atoms with Crippen molar-refractivity contribution < 1.29 is 14.3 Å². The molecule has 0 fully saturated rings. The highest BCUT2D eigenvalue weighted by Gasteiger charge is 2.21. The van der Waals surface area contributed by atoms with E-state index in [0.29, 0.717) is 42.1 Å². The van der Waals surface area contributed by atoms with Gasteiger partial charge >= 0.3 is 0 Å². The Labute approximate surface area is 131 Å². The Morgan fingerprint density at radius 1 is 1.43 bits per heavy atom. The lowest BCUT2D eigenvalue weighted by molar-refractivity contribution is 0.102. The third kappa shape index (κ3) is 2.79. The van der Waals surface area contributed by atoms with Gasteiger partial charge in [0.1, 0.15) is 5.69 Å². The summed E-state index contributed by atoms with van der Waals surface area (Å²) in [5.41, 5.74) is 3.43. The van der Waals surface area contributed by atoms with E-state index >= 15 is 0 Å². The highest BCUT2D eigenvalue weighted by Crippen LogP contribution is 2.24. The Bertz CT molecular complexity index is 682. The molecule has 0 saturated carbocycles. The second-order valence-electron chi connectivity index (χ2n) is 4.86. The van der Waals surface area contributed by atoms with Gasteiger partial charge in [0, 0.05) is 12.7 Å². The first kappa shape index (κ1) is 14.4. The zero-order chi connectivity index (χ0) is 14.8. The molecule has 21 heavy (non-hydrogen) atoms. The van der Waals surface area contributed by atoms with Gasteiger partial charge < -0.3 is 9.47 Å². The molecule has 6 heteroatoms. The molecule has 0 radical (unpaired) electrons. The largest absolute Gasteiger partial charge is 0.383 e. The summed E-state index contributed by atoms with van der Waals surface area (Å²) in [6, 6.07) is 5.71. The van der Waals surface area contributed by atoms with E-state index in [1.54, 1.807) is 18.0 Å². The molecule has 0 saturated heterocycles. The molecular formula is C15H15BrN2O3. The smallest absolute Gasteiger partial charge is 0.212 e. The molecule has 2 aromatic rings. The van der Waals surface area contributed by atoms with E-state index in [1.165, 1.54) is 0 Å². The van der Waals surface area contributed by atoms with Crippen molar-refractivity contribution in [3.05, 3.63) is 51.3 Å². The quantitative estimate of drug-likeness (QED) is 0.777. The van der Waals surface area contributed by atoms with Gasteiger partial charge in [-0.25, -0.2) is 0 Å². The Kier molecular flexibility index (Phi) is 4.19. The molecule has 0 atom stereocenters. The van der Waals surface area contributed by atoms with Crippen LogP contribution >= 0.6 is 15.9 Å². The van der Waals surface area contributed by atoms with Gasteiger partial charge in [-0.1, -0.05) is 12.1 Å². The molecule has 1 aromatic carbocycles. The number of rotatable bonds is 5. The van der Waals surface area contributed by atoms with Crippen LogP contribution in [0.1, 0.15) is 27.2 Å². The summed E-state index contributed by atoms with van der Waals surface area (Å²) in [6.07, 6.45) is 1.64. The summed E-state index contributed by atoms with van der Waals surface area (Å²) in [5.74, 6) is -0.0508. The average Bonchev–Trinajstić information content (AvgIpc) is 3.10. The molecule has 0 aliphatic carbocycles. The lowest BCUT2D eigenvalue weighted by Crippen LogP contribution is -2.15. The van der Waals surface area contributed by atoms with Gasteiger partial charge in [-0.2, -0.15) is 5.10 Å². The molecule has 0 bridgehead atoms. The first-order valence-electron chi connectivity index (χ1n) is 6.65. The SMILES string of the molecule is COCCn1ncc(Br)c1C(=O)c1ccc2c(c1)COC2. The van der Waals surface area contributed by atoms with Crippen LogP contribution in [0, 0.1) is 0 Å². The number of halogens is 1. The molecule has 0 N–H and O–H groups in total. The minimum absolute atomic E-state index is 0.0508. The third-order valence-electron chi connectivity index (χ3n) is 3.50. The first-order chi connectivity index (χ1) is 10.2. The number of hydrogen-bond acceptors (Lipinski definition) is 4. The summed E-state index contributed by atoms with van der Waals surface area (Å²) < 4.78 is 12.8. The summed E-state index contributed by atoms with van der Waals surface area (Å²) in [6.45, 7) is 2.24. The number of hydrogen-bond donors (Lipinski definition) is 0. The van der Waals surface area contributed by atoms with E-state index in [2.05, 4.69) is 21.0 Å². The second kappa shape index (κ2) is 6.09. The van der Waals surface area contributed by atoms with Crippen molar-refractivity contribution in [3.8, 4) is 0 Å². The van der Waals surface area contributed by atoms with Crippen LogP contribution in [0.25, 0.3) is 0 Å². The Hall–Kier alpha value is -1.50. The highest BCUT2D eigenvalue weighted by molar-refractivity contribution is 9.10. The van der Waals surface area contributed by atoms with Crippen molar-refractivity contribution in [2.75, 3.05) is 13.7 Å². The van der Waals surface area contributed by atoms with Gasteiger partial charge in [0.05, 0.1) is 37.0 Å². The number of benzene rings is 1. The van der Waals surface area contributed by atoms with Gasteiger partial charge in [-0.05, 0) is 33.1 Å². The standard InChI is InChI=1S/C15H15BrN2O3/c1-20-5-4-18-14(13(16)7-17-18)15(19)10-2-3-11-8-21-9-12(11)6-10/h2-3,6-7H,4-5,8-9H2,1H3. The normalized spacial score (nSPS) is 13.4. The van der Waals surface area contributed by atoms with Crippen molar-refractivity contribution in [1.29, 1.82) is 0 Å². The first-order valence-corrected chi connectivity index (χ1v) is 7.44. The summed E-state index contributed by atoms with van der Waals surface area (Å²) in [5, 5.41) is 4.22. The maximum Gasteiger partial charge on any atom is 0.212 e. The second-order valence-corrected chi connectivity index (χ2v) is 5.72. The highest BCUT2D eigenvalue weighted by atomic mass is 79.9. The summed E-state index contributed by atoms with van der Waals surface area (Å²) in [7, 11) is 1.63. The number of ether oxygens (including phenoxy) is 2. The molecule has 1 aliphatic rings. The van der Waals surface area contributed by atoms with Crippen molar-refractivity contribution in [1.82, 2.24) is 9.78 Å². The van der Waals surface area contributed by atoms with E-state index in [-0.39, 0.29) is 5.78 Å². The molecule has 2 heterocycles. The van der Waals surface area contributed by atoms with Crippen LogP contribution in [0.4, 0.5) is 0 Å². The van der Waals surface area contributed by atoms with Crippen LogP contribution in [0.5, 0.6) is 0 Å². The number of fused-ring (bicyclic) bond motifs is 1. The van der Waals surface area contributed by atoms with Gasteiger partial charge in [0.25, 0.3) is 0 Å². The van der Waals surface area contributed by atoms with Crippen LogP contribution in [-0.2, 0) is 29.2 Å². The number of ketones is 1. The van der Waals surface area contributed by atoms with Crippen LogP contribution < -0.4 is 0 Å². The van der Waals surface area contributed by atoms with Gasteiger partial charge in [0.15, 0.2) is 0 Å². The molecule has 1 aliphatic heterocycles. The molecule has 5 nitrogen and oxygen atoms in total. The monoisotopic (exact) mass is 350 g/mol. The minimum Gasteiger partial charge on any atom is -0.383 e.